The standard InChI is InChI=1S/C8H12N4/c9-8(11-7-1-2-7)12-5-3-10-4-6-12/h3-5,7H,1-2,6H2,(H2,9,11). The van der Waals surface area contributed by atoms with Gasteiger partial charge in [-0.3, -0.25) is 4.99 Å². The van der Waals surface area contributed by atoms with E-state index in [2.05, 4.69) is 9.98 Å². The van der Waals surface area contributed by atoms with Gasteiger partial charge in [-0.05, 0) is 12.8 Å². The molecule has 0 saturated heterocycles. The van der Waals surface area contributed by atoms with Gasteiger partial charge >= 0.3 is 0 Å². The van der Waals surface area contributed by atoms with Crippen LogP contribution in [0, 0.1) is 0 Å². The van der Waals surface area contributed by atoms with Crippen LogP contribution in [0.1, 0.15) is 12.8 Å². The van der Waals surface area contributed by atoms with Crippen LogP contribution in [0.2, 0.25) is 0 Å². The van der Waals surface area contributed by atoms with Crippen molar-refractivity contribution in [3.63, 3.8) is 0 Å². The van der Waals surface area contributed by atoms with Crippen LogP contribution in [0.3, 0.4) is 0 Å². The highest BCUT2D eigenvalue weighted by molar-refractivity contribution is 5.82. The third-order valence-corrected chi connectivity index (χ3v) is 1.87. The lowest BCUT2D eigenvalue weighted by atomic mass is 10.5. The molecule has 2 aliphatic rings. The maximum Gasteiger partial charge on any atom is 0.196 e. The first-order valence-corrected chi connectivity index (χ1v) is 4.14. The fourth-order valence-electron chi connectivity index (χ4n) is 1.01. The topological polar surface area (TPSA) is 54.0 Å². The van der Waals surface area contributed by atoms with E-state index in [-0.39, 0.29) is 0 Å². The van der Waals surface area contributed by atoms with E-state index in [1.807, 2.05) is 17.3 Å². The molecule has 1 aliphatic heterocycles. The summed E-state index contributed by atoms with van der Waals surface area (Å²) < 4.78 is 0. The van der Waals surface area contributed by atoms with Crippen molar-refractivity contribution >= 4 is 12.2 Å². The van der Waals surface area contributed by atoms with Crippen molar-refractivity contribution in [3.05, 3.63) is 12.4 Å². The van der Waals surface area contributed by atoms with Crippen LogP contribution >= 0.6 is 0 Å². The Bertz CT molecular complexity index is 250. The molecule has 0 amide bonds. The van der Waals surface area contributed by atoms with Crippen molar-refractivity contribution in [2.24, 2.45) is 15.7 Å². The summed E-state index contributed by atoms with van der Waals surface area (Å²) in [5.41, 5.74) is 5.75. The Morgan fingerprint density at radius 1 is 1.58 bits per heavy atom. The van der Waals surface area contributed by atoms with Gasteiger partial charge in [-0.25, -0.2) is 4.99 Å². The van der Waals surface area contributed by atoms with Gasteiger partial charge in [-0.15, -0.1) is 0 Å². The quantitative estimate of drug-likeness (QED) is 0.448. The number of nitrogens with zero attached hydrogens (tertiary/aromatic N) is 3. The van der Waals surface area contributed by atoms with Gasteiger partial charge in [0, 0.05) is 18.6 Å². The van der Waals surface area contributed by atoms with Gasteiger partial charge in [0.05, 0.1) is 12.6 Å². The number of nitrogens with two attached hydrogens (primary N) is 1. The molecule has 2 N–H and O–H groups in total. The van der Waals surface area contributed by atoms with Crippen molar-refractivity contribution in [2.45, 2.75) is 18.9 Å². The van der Waals surface area contributed by atoms with Gasteiger partial charge in [-0.2, -0.15) is 0 Å². The highest BCUT2D eigenvalue weighted by Crippen LogP contribution is 2.23. The molecule has 4 nitrogen and oxygen atoms in total. The lowest BCUT2D eigenvalue weighted by Gasteiger charge is -2.18. The summed E-state index contributed by atoms with van der Waals surface area (Å²) in [6.45, 7) is 0.735. The Morgan fingerprint density at radius 2 is 2.42 bits per heavy atom. The average Bonchev–Trinajstić information content (AvgIpc) is 2.90. The third kappa shape index (κ3) is 1.64. The smallest absolute Gasteiger partial charge is 0.196 e. The van der Waals surface area contributed by atoms with Crippen LogP contribution in [0.5, 0.6) is 0 Å². The van der Waals surface area contributed by atoms with E-state index in [4.69, 9.17) is 5.73 Å². The minimum Gasteiger partial charge on any atom is -0.370 e. The van der Waals surface area contributed by atoms with E-state index < -0.39 is 0 Å². The molecule has 1 saturated carbocycles. The van der Waals surface area contributed by atoms with Gasteiger partial charge in [0.1, 0.15) is 0 Å². The molecule has 0 bridgehead atoms. The van der Waals surface area contributed by atoms with Crippen molar-refractivity contribution in [3.8, 4) is 0 Å². The molecule has 0 unspecified atom stereocenters. The predicted molar refractivity (Wildman–Crippen MR) is 49.0 cm³/mol. The van der Waals surface area contributed by atoms with Gasteiger partial charge in [0.15, 0.2) is 5.96 Å². The first-order chi connectivity index (χ1) is 5.86. The Labute approximate surface area is 71.5 Å². The molecule has 1 aliphatic carbocycles. The first kappa shape index (κ1) is 7.34. The van der Waals surface area contributed by atoms with E-state index in [9.17, 15) is 0 Å². The number of aliphatic imine (C=N–C) groups is 2. The molecule has 0 aromatic carbocycles. The summed E-state index contributed by atoms with van der Waals surface area (Å²) in [6.07, 6.45) is 7.76. The molecule has 1 heterocycles. The van der Waals surface area contributed by atoms with Crippen LogP contribution in [-0.2, 0) is 0 Å². The zero-order valence-electron chi connectivity index (χ0n) is 6.85. The molecular weight excluding hydrogens is 152 g/mol. The van der Waals surface area contributed by atoms with Gasteiger partial charge < -0.3 is 10.6 Å². The molecule has 12 heavy (non-hydrogen) atoms. The fourth-order valence-corrected chi connectivity index (χ4v) is 1.01. The average molecular weight is 164 g/mol. The molecule has 64 valence electrons. The Balaban J connectivity index is 1.98. The second-order valence-electron chi connectivity index (χ2n) is 3.00. The van der Waals surface area contributed by atoms with E-state index in [0.717, 1.165) is 6.54 Å². The molecule has 0 aromatic heterocycles. The number of hydrogen-bond donors (Lipinski definition) is 1. The molecule has 1 fully saturated rings. The Kier molecular flexibility index (Phi) is 1.81. The van der Waals surface area contributed by atoms with E-state index in [1.165, 1.54) is 12.8 Å². The van der Waals surface area contributed by atoms with Crippen LogP contribution in [-0.4, -0.2) is 29.7 Å². The van der Waals surface area contributed by atoms with Gasteiger partial charge in [-0.1, -0.05) is 0 Å². The monoisotopic (exact) mass is 164 g/mol. The second kappa shape index (κ2) is 2.97. The largest absolute Gasteiger partial charge is 0.370 e. The van der Waals surface area contributed by atoms with Gasteiger partial charge in [0.2, 0.25) is 0 Å². The SMILES string of the molecule is NC(=NC1CC1)N1C=CN=CC1. The van der Waals surface area contributed by atoms with E-state index in [1.54, 1.807) is 6.20 Å². The van der Waals surface area contributed by atoms with Crippen molar-refractivity contribution in [1.29, 1.82) is 0 Å². The zero-order chi connectivity index (χ0) is 8.39. The minimum absolute atomic E-state index is 0.484. The molecule has 0 spiro atoms. The number of hydrogen-bond acceptors (Lipinski definition) is 2. The summed E-state index contributed by atoms with van der Waals surface area (Å²) in [6, 6.07) is 0.484. The fraction of sp³-hybridized carbons (Fsp3) is 0.500. The maximum atomic E-state index is 5.75. The molecule has 0 aromatic rings. The highest BCUT2D eigenvalue weighted by atomic mass is 15.3. The van der Waals surface area contributed by atoms with Crippen LogP contribution < -0.4 is 5.73 Å². The summed E-state index contributed by atoms with van der Waals surface area (Å²) >= 11 is 0. The van der Waals surface area contributed by atoms with Crippen LogP contribution in [0.4, 0.5) is 0 Å². The van der Waals surface area contributed by atoms with Gasteiger partial charge in [0.25, 0.3) is 0 Å². The van der Waals surface area contributed by atoms with E-state index >= 15 is 0 Å². The first-order valence-electron chi connectivity index (χ1n) is 4.14. The maximum absolute atomic E-state index is 5.75. The summed E-state index contributed by atoms with van der Waals surface area (Å²) in [7, 11) is 0. The molecule has 2 rings (SSSR count). The molecule has 0 radical (unpaired) electrons. The van der Waals surface area contributed by atoms with Crippen LogP contribution in [0.25, 0.3) is 0 Å². The second-order valence-corrected chi connectivity index (χ2v) is 3.00. The van der Waals surface area contributed by atoms with E-state index in [0.29, 0.717) is 12.0 Å². The lowest BCUT2D eigenvalue weighted by molar-refractivity contribution is 0.622. The van der Waals surface area contributed by atoms with Crippen molar-refractivity contribution in [1.82, 2.24) is 4.90 Å². The lowest BCUT2D eigenvalue weighted by Crippen LogP contribution is -2.35. The Morgan fingerprint density at radius 3 is 3.00 bits per heavy atom. The molecule has 0 atom stereocenters. The minimum atomic E-state index is 0.484. The normalized spacial score (nSPS) is 23.3. The number of guanidine groups is 1. The third-order valence-electron chi connectivity index (χ3n) is 1.87. The zero-order valence-corrected chi connectivity index (χ0v) is 6.85. The number of rotatable bonds is 1. The Hall–Kier alpha value is -1.32. The van der Waals surface area contributed by atoms with Crippen molar-refractivity contribution in [2.75, 3.05) is 6.54 Å². The highest BCUT2D eigenvalue weighted by Gasteiger charge is 2.21. The summed E-state index contributed by atoms with van der Waals surface area (Å²) in [5, 5.41) is 0. The van der Waals surface area contributed by atoms with Crippen molar-refractivity contribution < 1.29 is 0 Å². The molecular formula is C8H12N4. The summed E-state index contributed by atoms with van der Waals surface area (Å²) in [4.78, 5) is 10.2. The summed E-state index contributed by atoms with van der Waals surface area (Å²) in [5.74, 6) is 0.611. The predicted octanol–water partition coefficient (Wildman–Crippen LogP) is 0.321. The molecule has 4 heteroatoms. The van der Waals surface area contributed by atoms with Crippen LogP contribution in [0.15, 0.2) is 22.4 Å².